The predicted octanol–water partition coefficient (Wildman–Crippen LogP) is 2.84. The lowest BCUT2D eigenvalue weighted by molar-refractivity contribution is -0.174. The first-order valence-electron chi connectivity index (χ1n) is 8.86. The molecule has 1 N–H and O–H groups in total. The van der Waals surface area contributed by atoms with Crippen molar-refractivity contribution in [1.29, 1.82) is 0 Å². The monoisotopic (exact) mass is 356 g/mol. The molecule has 1 amide bonds. The number of rotatable bonds is 3. The molecule has 2 atom stereocenters. The van der Waals surface area contributed by atoms with E-state index in [0.29, 0.717) is 18.8 Å². The standard InChI is InChI=1S/C20H24N2O4/c1-19(2)10-20(18(24)26-4)11-22(9-16(19)20)17(23)14-8-12-13(21-14)6-5-7-15(12)25-3/h5-8,16,21H,9-11H2,1-4H3/t16-,20+/m1/s1. The Morgan fingerprint density at radius 3 is 2.69 bits per heavy atom. The molecule has 2 aliphatic rings. The van der Waals surface area contributed by atoms with Gasteiger partial charge in [0.1, 0.15) is 11.4 Å². The van der Waals surface area contributed by atoms with Crippen LogP contribution < -0.4 is 4.74 Å². The highest BCUT2D eigenvalue weighted by molar-refractivity contribution is 6.00. The second kappa shape index (κ2) is 5.50. The van der Waals surface area contributed by atoms with E-state index in [1.807, 2.05) is 24.3 Å². The van der Waals surface area contributed by atoms with Crippen LogP contribution in [0.1, 0.15) is 30.8 Å². The summed E-state index contributed by atoms with van der Waals surface area (Å²) < 4.78 is 10.4. The zero-order chi connectivity index (χ0) is 18.7. The van der Waals surface area contributed by atoms with Crippen molar-refractivity contribution >= 4 is 22.8 Å². The minimum absolute atomic E-state index is 0.0346. The molecule has 1 aromatic heterocycles. The summed E-state index contributed by atoms with van der Waals surface area (Å²) in [4.78, 5) is 30.5. The fourth-order valence-corrected chi connectivity index (χ4v) is 5.12. The summed E-state index contributed by atoms with van der Waals surface area (Å²) in [6, 6.07) is 7.50. The number of methoxy groups -OCH3 is 2. The highest BCUT2D eigenvalue weighted by atomic mass is 16.5. The maximum Gasteiger partial charge on any atom is 0.314 e. The summed E-state index contributed by atoms with van der Waals surface area (Å²) in [5.74, 6) is 0.573. The van der Waals surface area contributed by atoms with Gasteiger partial charge in [0.05, 0.1) is 19.6 Å². The minimum atomic E-state index is -0.558. The lowest BCUT2D eigenvalue weighted by Crippen LogP contribution is -2.57. The molecule has 1 aliphatic carbocycles. The number of ether oxygens (including phenoxy) is 2. The Morgan fingerprint density at radius 2 is 2.04 bits per heavy atom. The van der Waals surface area contributed by atoms with Gasteiger partial charge in [-0.05, 0) is 36.0 Å². The van der Waals surface area contributed by atoms with Gasteiger partial charge in [0.15, 0.2) is 0 Å². The van der Waals surface area contributed by atoms with E-state index in [9.17, 15) is 9.59 Å². The minimum Gasteiger partial charge on any atom is -0.496 e. The summed E-state index contributed by atoms with van der Waals surface area (Å²) in [6.07, 6.45) is 0.752. The number of H-pyrrole nitrogens is 1. The molecular weight excluding hydrogens is 332 g/mol. The van der Waals surface area contributed by atoms with Gasteiger partial charge >= 0.3 is 5.97 Å². The Kier molecular flexibility index (Phi) is 3.58. The Labute approximate surface area is 152 Å². The number of nitrogens with one attached hydrogen (secondary N) is 1. The van der Waals surface area contributed by atoms with Gasteiger partial charge in [0, 0.05) is 24.0 Å². The molecular formula is C20H24N2O4. The lowest BCUT2D eigenvalue weighted by Gasteiger charge is -2.54. The Hall–Kier alpha value is -2.50. The lowest BCUT2D eigenvalue weighted by atomic mass is 9.48. The smallest absolute Gasteiger partial charge is 0.314 e. The molecule has 2 aromatic rings. The van der Waals surface area contributed by atoms with Crippen LogP contribution in [0.4, 0.5) is 0 Å². The van der Waals surface area contributed by atoms with Crippen molar-refractivity contribution in [2.45, 2.75) is 20.3 Å². The number of hydrogen-bond acceptors (Lipinski definition) is 4. The molecule has 0 radical (unpaired) electrons. The van der Waals surface area contributed by atoms with Crippen molar-refractivity contribution in [3.8, 4) is 5.75 Å². The predicted molar refractivity (Wildman–Crippen MR) is 97.1 cm³/mol. The summed E-state index contributed by atoms with van der Waals surface area (Å²) in [7, 11) is 3.04. The number of likely N-dealkylation sites (tertiary alicyclic amines) is 1. The van der Waals surface area contributed by atoms with Crippen molar-refractivity contribution in [3.05, 3.63) is 30.0 Å². The topological polar surface area (TPSA) is 71.6 Å². The average molecular weight is 356 g/mol. The number of carbonyl (C=O) groups excluding carboxylic acids is 2. The van der Waals surface area contributed by atoms with Crippen molar-refractivity contribution in [2.24, 2.45) is 16.7 Å². The van der Waals surface area contributed by atoms with Gasteiger partial charge in [-0.3, -0.25) is 9.59 Å². The van der Waals surface area contributed by atoms with Crippen LogP contribution in [0.15, 0.2) is 24.3 Å². The van der Waals surface area contributed by atoms with E-state index in [1.54, 1.807) is 12.0 Å². The molecule has 1 saturated carbocycles. The molecule has 0 bridgehead atoms. The summed E-state index contributed by atoms with van der Waals surface area (Å²) in [5, 5.41) is 0.878. The maximum atomic E-state index is 13.1. The quantitative estimate of drug-likeness (QED) is 0.859. The normalized spacial score (nSPS) is 26.3. The number of aromatic nitrogens is 1. The molecule has 6 heteroatoms. The fourth-order valence-electron chi connectivity index (χ4n) is 5.12. The second-order valence-electron chi connectivity index (χ2n) is 8.16. The molecule has 138 valence electrons. The Bertz CT molecular complexity index is 900. The van der Waals surface area contributed by atoms with E-state index in [-0.39, 0.29) is 23.2 Å². The molecule has 1 saturated heterocycles. The zero-order valence-corrected chi connectivity index (χ0v) is 15.6. The molecule has 0 spiro atoms. The number of carbonyl (C=O) groups is 2. The fraction of sp³-hybridized carbons (Fsp3) is 0.500. The van der Waals surface area contributed by atoms with E-state index in [0.717, 1.165) is 23.1 Å². The molecule has 2 heterocycles. The van der Waals surface area contributed by atoms with Crippen molar-refractivity contribution in [3.63, 3.8) is 0 Å². The van der Waals surface area contributed by atoms with Gasteiger partial charge in [0.25, 0.3) is 5.91 Å². The highest BCUT2D eigenvalue weighted by Gasteiger charge is 2.68. The number of amides is 1. The van der Waals surface area contributed by atoms with E-state index in [4.69, 9.17) is 9.47 Å². The van der Waals surface area contributed by atoms with Gasteiger partial charge < -0.3 is 19.4 Å². The first kappa shape index (κ1) is 16.9. The molecule has 6 nitrogen and oxygen atoms in total. The average Bonchev–Trinajstić information content (AvgIpc) is 3.20. The Balaban J connectivity index is 1.65. The van der Waals surface area contributed by atoms with Crippen LogP contribution in [0.2, 0.25) is 0 Å². The molecule has 1 aliphatic heterocycles. The summed E-state index contributed by atoms with van der Waals surface area (Å²) >= 11 is 0. The highest BCUT2D eigenvalue weighted by Crippen LogP contribution is 2.63. The second-order valence-corrected chi connectivity index (χ2v) is 8.16. The van der Waals surface area contributed by atoms with E-state index in [2.05, 4.69) is 18.8 Å². The van der Waals surface area contributed by atoms with Gasteiger partial charge in [0.2, 0.25) is 0 Å². The van der Waals surface area contributed by atoms with Crippen LogP contribution in [0.3, 0.4) is 0 Å². The van der Waals surface area contributed by atoms with E-state index >= 15 is 0 Å². The van der Waals surface area contributed by atoms with Crippen LogP contribution in [0.5, 0.6) is 5.75 Å². The first-order chi connectivity index (χ1) is 12.3. The van der Waals surface area contributed by atoms with Crippen LogP contribution in [-0.4, -0.2) is 49.1 Å². The number of aromatic amines is 1. The number of esters is 1. The van der Waals surface area contributed by atoms with E-state index in [1.165, 1.54) is 7.11 Å². The van der Waals surface area contributed by atoms with Gasteiger partial charge in [-0.2, -0.15) is 0 Å². The van der Waals surface area contributed by atoms with Gasteiger partial charge in [-0.25, -0.2) is 0 Å². The number of hydrogen-bond donors (Lipinski definition) is 1. The van der Waals surface area contributed by atoms with Crippen molar-refractivity contribution < 1.29 is 19.1 Å². The summed E-state index contributed by atoms with van der Waals surface area (Å²) in [5.41, 5.74) is 0.853. The van der Waals surface area contributed by atoms with E-state index < -0.39 is 5.41 Å². The van der Waals surface area contributed by atoms with Crippen LogP contribution in [-0.2, 0) is 9.53 Å². The molecule has 0 unspecified atom stereocenters. The van der Waals surface area contributed by atoms with Crippen LogP contribution in [0.25, 0.3) is 10.9 Å². The molecule has 2 fully saturated rings. The first-order valence-corrected chi connectivity index (χ1v) is 8.86. The third-order valence-electron chi connectivity index (χ3n) is 6.21. The van der Waals surface area contributed by atoms with Gasteiger partial charge in [-0.1, -0.05) is 19.9 Å². The number of fused-ring (bicyclic) bond motifs is 2. The van der Waals surface area contributed by atoms with Crippen LogP contribution >= 0.6 is 0 Å². The molecule has 4 rings (SSSR count). The maximum absolute atomic E-state index is 13.1. The molecule has 26 heavy (non-hydrogen) atoms. The van der Waals surface area contributed by atoms with Crippen molar-refractivity contribution in [2.75, 3.05) is 27.3 Å². The van der Waals surface area contributed by atoms with Crippen molar-refractivity contribution in [1.82, 2.24) is 9.88 Å². The SMILES string of the molecule is COC(=O)[C@@]12CN(C(=O)c3cc4c(OC)cccc4[nH]3)C[C@@H]1C(C)(C)C2. The third-order valence-corrected chi connectivity index (χ3v) is 6.21. The zero-order valence-electron chi connectivity index (χ0n) is 15.6. The summed E-state index contributed by atoms with van der Waals surface area (Å²) in [6.45, 7) is 5.30. The molecule has 1 aromatic carbocycles. The van der Waals surface area contributed by atoms with Crippen LogP contribution in [0, 0.1) is 16.7 Å². The Morgan fingerprint density at radius 1 is 1.27 bits per heavy atom. The third kappa shape index (κ3) is 2.17. The largest absolute Gasteiger partial charge is 0.496 e. The van der Waals surface area contributed by atoms with Gasteiger partial charge in [-0.15, -0.1) is 0 Å². The number of nitrogens with zero attached hydrogens (tertiary/aromatic N) is 1. The number of benzene rings is 1.